The van der Waals surface area contributed by atoms with Crippen LogP contribution in [0.15, 0.2) is 0 Å². The van der Waals surface area contributed by atoms with E-state index in [0.29, 0.717) is 0 Å². The van der Waals surface area contributed by atoms with E-state index in [9.17, 15) is 0 Å². The number of unbranched alkanes of at least 4 members (excludes halogenated alkanes) is 5. The Morgan fingerprint density at radius 2 is 1.88 bits per heavy atom. The van der Waals surface area contributed by atoms with Crippen LogP contribution < -0.4 is 5.32 Å². The van der Waals surface area contributed by atoms with Gasteiger partial charge in [-0.05, 0) is 13.5 Å². The summed E-state index contributed by atoms with van der Waals surface area (Å²) in [7, 11) is 2.14. The molecule has 0 amide bonds. The van der Waals surface area contributed by atoms with E-state index in [1.807, 2.05) is 0 Å². The van der Waals surface area contributed by atoms with Gasteiger partial charge in [0, 0.05) is 28.6 Å². The first-order valence-electron chi connectivity index (χ1n) is 7.25. The average Bonchev–Trinajstić information content (AvgIpc) is 2.39. The van der Waals surface area contributed by atoms with Gasteiger partial charge in [-0.1, -0.05) is 45.4 Å². The zero-order valence-electron chi connectivity index (χ0n) is 11.5. The Balaban J connectivity index is 2.05. The summed E-state index contributed by atoms with van der Waals surface area (Å²) < 4.78 is 0. The summed E-state index contributed by atoms with van der Waals surface area (Å²) in [6, 6.07) is 0.749. The standard InChI is InChI=1S/C14H29NS2/c1-3-4-5-6-7-8-9-13(15-2)14-12-16-10-11-17-14/h13-15H,3-12H2,1-2H3. The number of hydrogen-bond donors (Lipinski definition) is 1. The zero-order chi connectivity index (χ0) is 12.3. The predicted molar refractivity (Wildman–Crippen MR) is 84.4 cm³/mol. The molecule has 1 aliphatic heterocycles. The van der Waals surface area contributed by atoms with Gasteiger partial charge in [0.1, 0.15) is 0 Å². The summed E-state index contributed by atoms with van der Waals surface area (Å²) in [5, 5.41) is 4.40. The minimum atomic E-state index is 0.749. The summed E-state index contributed by atoms with van der Waals surface area (Å²) in [6.07, 6.45) is 9.88. The summed E-state index contributed by atoms with van der Waals surface area (Å²) in [4.78, 5) is 0. The molecule has 1 rings (SSSR count). The van der Waals surface area contributed by atoms with Gasteiger partial charge in [0.2, 0.25) is 0 Å². The molecule has 0 aromatic rings. The second-order valence-corrected chi connectivity index (χ2v) is 7.43. The van der Waals surface area contributed by atoms with Gasteiger partial charge < -0.3 is 5.32 Å². The molecule has 2 unspecified atom stereocenters. The van der Waals surface area contributed by atoms with Gasteiger partial charge >= 0.3 is 0 Å². The highest BCUT2D eigenvalue weighted by atomic mass is 32.2. The fourth-order valence-corrected chi connectivity index (χ4v) is 5.37. The molecule has 0 bridgehead atoms. The first-order chi connectivity index (χ1) is 8.38. The SMILES string of the molecule is CCCCCCCCC(NC)C1CSCCS1. The Labute approximate surface area is 116 Å². The van der Waals surface area contributed by atoms with Crippen LogP contribution in [0.5, 0.6) is 0 Å². The third-order valence-corrected chi connectivity index (χ3v) is 6.45. The first-order valence-corrected chi connectivity index (χ1v) is 9.45. The van der Waals surface area contributed by atoms with Crippen molar-refractivity contribution < 1.29 is 0 Å². The number of hydrogen-bond acceptors (Lipinski definition) is 3. The summed E-state index contributed by atoms with van der Waals surface area (Å²) in [6.45, 7) is 2.29. The smallest absolute Gasteiger partial charge is 0.0291 e. The third-order valence-electron chi connectivity index (χ3n) is 3.53. The molecule has 102 valence electrons. The molecule has 1 aliphatic rings. The van der Waals surface area contributed by atoms with Gasteiger partial charge in [0.15, 0.2) is 0 Å². The van der Waals surface area contributed by atoms with Crippen LogP contribution in [-0.2, 0) is 0 Å². The van der Waals surface area contributed by atoms with E-state index < -0.39 is 0 Å². The van der Waals surface area contributed by atoms with Crippen LogP contribution in [0.4, 0.5) is 0 Å². The van der Waals surface area contributed by atoms with Crippen molar-refractivity contribution in [2.75, 3.05) is 24.3 Å². The number of nitrogens with one attached hydrogen (secondary N) is 1. The molecule has 1 saturated heterocycles. The van der Waals surface area contributed by atoms with Gasteiger partial charge in [-0.25, -0.2) is 0 Å². The molecule has 0 spiro atoms. The third kappa shape index (κ3) is 6.97. The van der Waals surface area contributed by atoms with Crippen molar-refractivity contribution in [2.24, 2.45) is 0 Å². The van der Waals surface area contributed by atoms with Crippen molar-refractivity contribution >= 4 is 23.5 Å². The lowest BCUT2D eigenvalue weighted by atomic mass is 10.0. The van der Waals surface area contributed by atoms with Gasteiger partial charge in [0.25, 0.3) is 0 Å². The molecule has 17 heavy (non-hydrogen) atoms. The highest BCUT2D eigenvalue weighted by Gasteiger charge is 2.22. The second kappa shape index (κ2) is 10.6. The fourth-order valence-electron chi connectivity index (χ4n) is 2.40. The monoisotopic (exact) mass is 275 g/mol. The fraction of sp³-hybridized carbons (Fsp3) is 1.00. The van der Waals surface area contributed by atoms with Gasteiger partial charge in [-0.15, -0.1) is 0 Å². The van der Waals surface area contributed by atoms with Crippen LogP contribution >= 0.6 is 23.5 Å². The molecule has 0 saturated carbocycles. The van der Waals surface area contributed by atoms with Crippen LogP contribution in [0.2, 0.25) is 0 Å². The quantitative estimate of drug-likeness (QED) is 0.634. The molecule has 1 nitrogen and oxygen atoms in total. The van der Waals surface area contributed by atoms with Gasteiger partial charge in [-0.3, -0.25) is 0 Å². The molecule has 1 heterocycles. The maximum absolute atomic E-state index is 3.54. The van der Waals surface area contributed by atoms with Gasteiger partial charge in [-0.2, -0.15) is 23.5 Å². The Morgan fingerprint density at radius 3 is 2.53 bits per heavy atom. The molecule has 0 aromatic carbocycles. The molecule has 3 heteroatoms. The van der Waals surface area contributed by atoms with E-state index >= 15 is 0 Å². The number of rotatable bonds is 9. The Morgan fingerprint density at radius 1 is 1.12 bits per heavy atom. The van der Waals surface area contributed by atoms with Crippen LogP contribution in [-0.4, -0.2) is 35.6 Å². The van der Waals surface area contributed by atoms with Crippen molar-refractivity contribution in [1.82, 2.24) is 5.32 Å². The minimum absolute atomic E-state index is 0.749. The Kier molecular flexibility index (Phi) is 9.77. The van der Waals surface area contributed by atoms with Crippen LogP contribution in [0.3, 0.4) is 0 Å². The Hall–Kier alpha value is 0.660. The molecule has 0 aromatic heterocycles. The molecule has 1 N–H and O–H groups in total. The lowest BCUT2D eigenvalue weighted by Crippen LogP contribution is -2.38. The average molecular weight is 276 g/mol. The van der Waals surface area contributed by atoms with Crippen LogP contribution in [0.1, 0.15) is 51.9 Å². The maximum atomic E-state index is 3.54. The normalized spacial score (nSPS) is 22.6. The van der Waals surface area contributed by atoms with E-state index in [4.69, 9.17) is 0 Å². The van der Waals surface area contributed by atoms with Crippen molar-refractivity contribution in [3.05, 3.63) is 0 Å². The molecule has 2 atom stereocenters. The molecule has 0 radical (unpaired) electrons. The van der Waals surface area contributed by atoms with Gasteiger partial charge in [0.05, 0.1) is 0 Å². The summed E-state index contributed by atoms with van der Waals surface area (Å²) >= 11 is 4.32. The van der Waals surface area contributed by atoms with E-state index in [2.05, 4.69) is 42.8 Å². The molecular weight excluding hydrogens is 246 g/mol. The molecule has 0 aliphatic carbocycles. The van der Waals surface area contributed by atoms with E-state index in [-0.39, 0.29) is 0 Å². The van der Waals surface area contributed by atoms with E-state index in [0.717, 1.165) is 11.3 Å². The minimum Gasteiger partial charge on any atom is -0.316 e. The molecular formula is C14H29NS2. The topological polar surface area (TPSA) is 12.0 Å². The predicted octanol–water partition coefficient (Wildman–Crippen LogP) is 4.17. The van der Waals surface area contributed by atoms with Crippen LogP contribution in [0, 0.1) is 0 Å². The number of thioether (sulfide) groups is 2. The first kappa shape index (κ1) is 15.7. The summed E-state index contributed by atoms with van der Waals surface area (Å²) in [5.41, 5.74) is 0. The van der Waals surface area contributed by atoms with Crippen molar-refractivity contribution in [2.45, 2.75) is 63.2 Å². The molecule has 1 fully saturated rings. The maximum Gasteiger partial charge on any atom is 0.0291 e. The Bertz CT molecular complexity index is 170. The van der Waals surface area contributed by atoms with E-state index in [1.165, 1.54) is 62.2 Å². The highest BCUT2D eigenvalue weighted by Crippen LogP contribution is 2.28. The van der Waals surface area contributed by atoms with E-state index in [1.54, 1.807) is 0 Å². The van der Waals surface area contributed by atoms with Crippen molar-refractivity contribution in [1.29, 1.82) is 0 Å². The van der Waals surface area contributed by atoms with Crippen molar-refractivity contribution in [3.8, 4) is 0 Å². The lowest BCUT2D eigenvalue weighted by molar-refractivity contribution is 0.481. The zero-order valence-corrected chi connectivity index (χ0v) is 13.2. The van der Waals surface area contributed by atoms with Crippen LogP contribution in [0.25, 0.3) is 0 Å². The largest absolute Gasteiger partial charge is 0.316 e. The van der Waals surface area contributed by atoms with Crippen molar-refractivity contribution in [3.63, 3.8) is 0 Å². The highest BCUT2D eigenvalue weighted by molar-refractivity contribution is 8.06. The second-order valence-electron chi connectivity index (χ2n) is 4.94. The lowest BCUT2D eigenvalue weighted by Gasteiger charge is -2.29. The summed E-state index contributed by atoms with van der Waals surface area (Å²) in [5.74, 6) is 4.06.